The molecule has 0 unspecified atom stereocenters. The molecule has 0 aromatic carbocycles. The third-order valence-corrected chi connectivity index (χ3v) is 3.86. The van der Waals surface area contributed by atoms with Gasteiger partial charge < -0.3 is 19.1 Å². The summed E-state index contributed by atoms with van der Waals surface area (Å²) in [4.78, 5) is 26.6. The molecule has 0 bridgehead atoms. The van der Waals surface area contributed by atoms with Crippen LogP contribution >= 0.6 is 0 Å². The van der Waals surface area contributed by atoms with Crippen molar-refractivity contribution < 1.29 is 23.8 Å². The van der Waals surface area contributed by atoms with Crippen LogP contribution in [0.1, 0.15) is 12.8 Å². The molecular formula is C12H18N2O5. The highest BCUT2D eigenvalue weighted by atomic mass is 16.7. The second-order valence-corrected chi connectivity index (χ2v) is 5.02. The maximum atomic E-state index is 12.1. The molecule has 0 N–H and O–H groups in total. The van der Waals surface area contributed by atoms with Crippen LogP contribution in [0.2, 0.25) is 0 Å². The number of cyclic esters (lactones) is 1. The molecule has 3 rings (SSSR count). The van der Waals surface area contributed by atoms with Gasteiger partial charge in [0.15, 0.2) is 5.79 Å². The zero-order valence-corrected chi connectivity index (χ0v) is 10.8. The number of nitrogens with zero attached hydrogens (tertiary/aromatic N) is 2. The molecule has 7 heteroatoms. The average molecular weight is 270 g/mol. The van der Waals surface area contributed by atoms with Gasteiger partial charge in [0.25, 0.3) is 0 Å². The molecule has 19 heavy (non-hydrogen) atoms. The Morgan fingerprint density at radius 2 is 1.79 bits per heavy atom. The minimum atomic E-state index is -0.469. The van der Waals surface area contributed by atoms with Crippen molar-refractivity contribution in [2.75, 3.05) is 46.0 Å². The average Bonchev–Trinajstić information content (AvgIpc) is 3.01. The Morgan fingerprint density at radius 3 is 2.37 bits per heavy atom. The second-order valence-electron chi connectivity index (χ2n) is 5.02. The zero-order valence-electron chi connectivity index (χ0n) is 10.8. The first-order valence-electron chi connectivity index (χ1n) is 6.66. The molecule has 0 radical (unpaired) electrons. The van der Waals surface area contributed by atoms with Crippen LogP contribution in [0.3, 0.4) is 0 Å². The SMILES string of the molecule is O=C(CN1CCOC1=O)N1CCC2(CC1)OCCO2. The quantitative estimate of drug-likeness (QED) is 0.695. The Kier molecular flexibility index (Phi) is 3.32. The van der Waals surface area contributed by atoms with E-state index in [-0.39, 0.29) is 12.5 Å². The molecule has 0 aromatic rings. The number of ether oxygens (including phenoxy) is 3. The summed E-state index contributed by atoms with van der Waals surface area (Å²) in [5.41, 5.74) is 0. The number of carbonyl (C=O) groups is 2. The third kappa shape index (κ3) is 2.52. The van der Waals surface area contributed by atoms with Gasteiger partial charge in [-0.1, -0.05) is 0 Å². The number of hydrogen-bond donors (Lipinski definition) is 0. The van der Waals surface area contributed by atoms with Crippen molar-refractivity contribution in [2.45, 2.75) is 18.6 Å². The summed E-state index contributed by atoms with van der Waals surface area (Å²) >= 11 is 0. The Labute approximate surface area is 111 Å². The highest BCUT2D eigenvalue weighted by molar-refractivity contribution is 5.83. The van der Waals surface area contributed by atoms with Crippen molar-refractivity contribution in [3.05, 3.63) is 0 Å². The predicted molar refractivity (Wildman–Crippen MR) is 63.4 cm³/mol. The van der Waals surface area contributed by atoms with Gasteiger partial charge in [-0.2, -0.15) is 0 Å². The summed E-state index contributed by atoms with van der Waals surface area (Å²) in [5.74, 6) is -0.504. The number of likely N-dealkylation sites (tertiary alicyclic amines) is 1. The Hall–Kier alpha value is -1.34. The van der Waals surface area contributed by atoms with Crippen molar-refractivity contribution in [1.82, 2.24) is 9.80 Å². The standard InChI is InChI=1S/C12H18N2O5/c15-10(9-14-5-6-17-11(14)16)13-3-1-12(2-4-13)18-7-8-19-12/h1-9H2. The summed E-state index contributed by atoms with van der Waals surface area (Å²) in [6.07, 6.45) is 0.996. The number of hydrogen-bond acceptors (Lipinski definition) is 5. The van der Waals surface area contributed by atoms with Crippen LogP contribution < -0.4 is 0 Å². The van der Waals surface area contributed by atoms with Crippen LogP contribution in [0.25, 0.3) is 0 Å². The van der Waals surface area contributed by atoms with E-state index in [0.717, 1.165) is 0 Å². The number of carbonyl (C=O) groups excluding carboxylic acids is 2. The summed E-state index contributed by atoms with van der Waals surface area (Å²) in [7, 11) is 0. The van der Waals surface area contributed by atoms with E-state index in [9.17, 15) is 9.59 Å². The van der Waals surface area contributed by atoms with Crippen molar-refractivity contribution >= 4 is 12.0 Å². The van der Waals surface area contributed by atoms with Crippen molar-refractivity contribution in [1.29, 1.82) is 0 Å². The lowest BCUT2D eigenvalue weighted by Crippen LogP contribution is -2.49. The predicted octanol–water partition coefficient (Wildman–Crippen LogP) is -0.196. The van der Waals surface area contributed by atoms with Crippen LogP contribution in [0.4, 0.5) is 4.79 Å². The van der Waals surface area contributed by atoms with Crippen molar-refractivity contribution in [3.8, 4) is 0 Å². The minimum absolute atomic E-state index is 0.0355. The molecule has 0 atom stereocenters. The molecule has 1 spiro atoms. The molecule has 3 fully saturated rings. The van der Waals surface area contributed by atoms with E-state index in [1.807, 2.05) is 0 Å². The first-order valence-corrected chi connectivity index (χ1v) is 6.66. The lowest BCUT2D eigenvalue weighted by Gasteiger charge is -2.37. The molecule has 3 aliphatic heterocycles. The smallest absolute Gasteiger partial charge is 0.410 e. The molecule has 3 heterocycles. The van der Waals surface area contributed by atoms with Crippen molar-refractivity contribution in [2.24, 2.45) is 0 Å². The fourth-order valence-electron chi connectivity index (χ4n) is 2.72. The lowest BCUT2D eigenvalue weighted by atomic mass is 10.0. The van der Waals surface area contributed by atoms with Gasteiger partial charge in [0.05, 0.1) is 19.8 Å². The molecule has 3 aliphatic rings. The summed E-state index contributed by atoms with van der Waals surface area (Å²) in [5, 5.41) is 0. The van der Waals surface area contributed by atoms with E-state index >= 15 is 0 Å². The highest BCUT2D eigenvalue weighted by Gasteiger charge is 2.41. The van der Waals surface area contributed by atoms with E-state index in [4.69, 9.17) is 14.2 Å². The van der Waals surface area contributed by atoms with Crippen LogP contribution in [0.15, 0.2) is 0 Å². The molecule has 0 saturated carbocycles. The lowest BCUT2D eigenvalue weighted by molar-refractivity contribution is -0.187. The van der Waals surface area contributed by atoms with E-state index in [1.165, 1.54) is 4.90 Å². The third-order valence-electron chi connectivity index (χ3n) is 3.86. The number of amides is 2. The van der Waals surface area contributed by atoms with Gasteiger partial charge in [-0.15, -0.1) is 0 Å². The van der Waals surface area contributed by atoms with E-state index in [0.29, 0.717) is 52.3 Å². The number of rotatable bonds is 2. The van der Waals surface area contributed by atoms with E-state index in [2.05, 4.69) is 0 Å². The largest absolute Gasteiger partial charge is 0.448 e. The maximum Gasteiger partial charge on any atom is 0.410 e. The van der Waals surface area contributed by atoms with E-state index in [1.54, 1.807) is 4.90 Å². The van der Waals surface area contributed by atoms with E-state index < -0.39 is 11.9 Å². The summed E-state index contributed by atoms with van der Waals surface area (Å²) in [6.45, 7) is 3.46. The van der Waals surface area contributed by atoms with Crippen LogP contribution in [0, 0.1) is 0 Å². The van der Waals surface area contributed by atoms with Gasteiger partial charge in [-0.05, 0) is 0 Å². The van der Waals surface area contributed by atoms with Gasteiger partial charge >= 0.3 is 6.09 Å². The molecule has 0 aromatic heterocycles. The van der Waals surface area contributed by atoms with Crippen molar-refractivity contribution in [3.63, 3.8) is 0 Å². The first-order chi connectivity index (χ1) is 9.19. The molecule has 2 amide bonds. The van der Waals surface area contributed by atoms with Crippen LogP contribution in [-0.4, -0.2) is 73.6 Å². The summed E-state index contributed by atoms with van der Waals surface area (Å²) < 4.78 is 16.0. The Morgan fingerprint density at radius 1 is 1.11 bits per heavy atom. The van der Waals surface area contributed by atoms with Gasteiger partial charge in [0.1, 0.15) is 13.2 Å². The molecule has 3 saturated heterocycles. The monoisotopic (exact) mass is 270 g/mol. The van der Waals surface area contributed by atoms with Gasteiger partial charge in [-0.25, -0.2) is 4.79 Å². The molecular weight excluding hydrogens is 252 g/mol. The van der Waals surface area contributed by atoms with Gasteiger partial charge in [0, 0.05) is 25.9 Å². The van der Waals surface area contributed by atoms with Gasteiger partial charge in [0.2, 0.25) is 5.91 Å². The highest BCUT2D eigenvalue weighted by Crippen LogP contribution is 2.31. The molecule has 7 nitrogen and oxygen atoms in total. The number of piperidine rings is 1. The fraction of sp³-hybridized carbons (Fsp3) is 0.833. The fourth-order valence-corrected chi connectivity index (χ4v) is 2.72. The maximum absolute atomic E-state index is 12.1. The molecule has 106 valence electrons. The molecule has 0 aliphatic carbocycles. The first kappa shape index (κ1) is 12.7. The Bertz CT molecular complexity index is 370. The Balaban J connectivity index is 1.50. The summed E-state index contributed by atoms with van der Waals surface area (Å²) in [6, 6.07) is 0. The van der Waals surface area contributed by atoms with Crippen LogP contribution in [0.5, 0.6) is 0 Å². The zero-order chi connectivity index (χ0) is 13.3. The second kappa shape index (κ2) is 4.97. The van der Waals surface area contributed by atoms with Gasteiger partial charge in [-0.3, -0.25) is 9.69 Å². The topological polar surface area (TPSA) is 68.3 Å². The van der Waals surface area contributed by atoms with Crippen LogP contribution in [-0.2, 0) is 19.0 Å². The minimum Gasteiger partial charge on any atom is -0.448 e. The normalized spacial score (nSPS) is 26.0.